The third kappa shape index (κ3) is 5.56. The van der Waals surface area contributed by atoms with Crippen molar-refractivity contribution in [1.29, 1.82) is 0 Å². The second-order valence-electron chi connectivity index (χ2n) is 3.57. The fourth-order valence-electron chi connectivity index (χ4n) is 1.19. The fraction of sp³-hybridized carbons (Fsp3) is 0.800. The third-order valence-electron chi connectivity index (χ3n) is 1.74. The van der Waals surface area contributed by atoms with Crippen LogP contribution < -0.4 is 0 Å². The summed E-state index contributed by atoms with van der Waals surface area (Å²) in [6.07, 6.45) is 1.03. The van der Waals surface area contributed by atoms with Crippen molar-refractivity contribution in [3.63, 3.8) is 0 Å². The highest BCUT2D eigenvalue weighted by atomic mass is 16.5. The molecule has 0 aromatic heterocycles. The van der Waals surface area contributed by atoms with Crippen molar-refractivity contribution in [2.24, 2.45) is 5.92 Å². The first-order chi connectivity index (χ1) is 6.47. The van der Waals surface area contributed by atoms with Gasteiger partial charge >= 0.3 is 11.9 Å². The number of carbonyl (C=O) groups excluding carboxylic acids is 1. The van der Waals surface area contributed by atoms with Crippen molar-refractivity contribution in [2.45, 2.75) is 46.1 Å². The maximum atomic E-state index is 11.4. The number of esters is 1. The smallest absolute Gasteiger partial charge is 0.309 e. The van der Waals surface area contributed by atoms with Crippen LogP contribution in [0.5, 0.6) is 0 Å². The lowest BCUT2D eigenvalue weighted by atomic mass is 10.0. The van der Waals surface area contributed by atoms with Gasteiger partial charge in [0.25, 0.3) is 0 Å². The number of rotatable bonds is 6. The van der Waals surface area contributed by atoms with Gasteiger partial charge in [0.2, 0.25) is 0 Å². The first kappa shape index (κ1) is 12.9. The number of carbonyl (C=O) groups is 2. The van der Waals surface area contributed by atoms with Crippen LogP contribution in [-0.2, 0) is 14.3 Å². The standard InChI is InChI=1S/C10H18O4/c1-4-5-8(6-9(11)12)10(13)14-7(2)3/h7-8H,4-6H2,1-3H3,(H,11,12). The van der Waals surface area contributed by atoms with Crippen LogP contribution in [0.2, 0.25) is 0 Å². The van der Waals surface area contributed by atoms with Gasteiger partial charge < -0.3 is 9.84 Å². The van der Waals surface area contributed by atoms with Gasteiger partial charge in [-0.1, -0.05) is 13.3 Å². The van der Waals surface area contributed by atoms with Crippen molar-refractivity contribution >= 4 is 11.9 Å². The van der Waals surface area contributed by atoms with Crippen LogP contribution in [0.4, 0.5) is 0 Å². The molecule has 0 aliphatic carbocycles. The molecule has 1 unspecified atom stereocenters. The SMILES string of the molecule is CCCC(CC(=O)O)C(=O)OC(C)C. The summed E-state index contributed by atoms with van der Waals surface area (Å²) in [7, 11) is 0. The topological polar surface area (TPSA) is 63.6 Å². The third-order valence-corrected chi connectivity index (χ3v) is 1.74. The average Bonchev–Trinajstić information content (AvgIpc) is 2.01. The van der Waals surface area contributed by atoms with E-state index in [1.165, 1.54) is 0 Å². The van der Waals surface area contributed by atoms with Crippen molar-refractivity contribution in [3.05, 3.63) is 0 Å². The highest BCUT2D eigenvalue weighted by Gasteiger charge is 2.22. The molecule has 0 heterocycles. The summed E-state index contributed by atoms with van der Waals surface area (Å²) in [5, 5.41) is 8.59. The maximum absolute atomic E-state index is 11.4. The summed E-state index contributed by atoms with van der Waals surface area (Å²) in [5.74, 6) is -1.85. The first-order valence-electron chi connectivity index (χ1n) is 4.89. The molecule has 0 aromatic carbocycles. The van der Waals surface area contributed by atoms with Gasteiger partial charge in [-0.05, 0) is 20.3 Å². The van der Waals surface area contributed by atoms with E-state index in [-0.39, 0.29) is 12.5 Å². The Kier molecular flexibility index (Phi) is 5.92. The molecule has 1 atom stereocenters. The summed E-state index contributed by atoms with van der Waals surface area (Å²) in [6.45, 7) is 5.42. The molecule has 0 fully saturated rings. The van der Waals surface area contributed by atoms with E-state index in [9.17, 15) is 9.59 Å². The lowest BCUT2D eigenvalue weighted by molar-refractivity contribution is -0.156. The number of hydrogen-bond donors (Lipinski definition) is 1. The van der Waals surface area contributed by atoms with Gasteiger partial charge in [0.15, 0.2) is 0 Å². The van der Waals surface area contributed by atoms with Gasteiger partial charge in [0.05, 0.1) is 18.4 Å². The highest BCUT2D eigenvalue weighted by Crippen LogP contribution is 2.14. The van der Waals surface area contributed by atoms with E-state index >= 15 is 0 Å². The molecule has 0 radical (unpaired) electrons. The molecule has 0 amide bonds. The second kappa shape index (κ2) is 6.40. The molecule has 0 saturated heterocycles. The minimum Gasteiger partial charge on any atom is -0.481 e. The number of carboxylic acids is 1. The van der Waals surface area contributed by atoms with E-state index in [1.54, 1.807) is 13.8 Å². The number of ether oxygens (including phenoxy) is 1. The number of carboxylic acid groups (broad SMARTS) is 1. The van der Waals surface area contributed by atoms with Gasteiger partial charge in [-0.2, -0.15) is 0 Å². The largest absolute Gasteiger partial charge is 0.481 e. The Morgan fingerprint density at radius 3 is 2.29 bits per heavy atom. The normalized spacial score (nSPS) is 12.6. The highest BCUT2D eigenvalue weighted by molar-refractivity contribution is 5.79. The molecule has 0 spiro atoms. The minimum atomic E-state index is -0.954. The van der Waals surface area contributed by atoms with E-state index in [4.69, 9.17) is 9.84 Å². The lowest BCUT2D eigenvalue weighted by Crippen LogP contribution is -2.23. The van der Waals surface area contributed by atoms with E-state index in [0.29, 0.717) is 6.42 Å². The molecule has 0 aliphatic heterocycles. The Hall–Kier alpha value is -1.06. The zero-order valence-electron chi connectivity index (χ0n) is 8.95. The van der Waals surface area contributed by atoms with Gasteiger partial charge in [0, 0.05) is 0 Å². The van der Waals surface area contributed by atoms with Crippen molar-refractivity contribution < 1.29 is 19.4 Å². The molecule has 82 valence electrons. The van der Waals surface area contributed by atoms with Crippen molar-refractivity contribution in [2.75, 3.05) is 0 Å². The number of hydrogen-bond acceptors (Lipinski definition) is 3. The Morgan fingerprint density at radius 2 is 1.93 bits per heavy atom. The van der Waals surface area contributed by atoms with Crippen LogP contribution in [0.3, 0.4) is 0 Å². The van der Waals surface area contributed by atoms with Crippen molar-refractivity contribution in [3.8, 4) is 0 Å². The second-order valence-corrected chi connectivity index (χ2v) is 3.57. The van der Waals surface area contributed by atoms with Crippen LogP contribution in [0.1, 0.15) is 40.0 Å². The van der Waals surface area contributed by atoms with Gasteiger partial charge in [-0.15, -0.1) is 0 Å². The summed E-state index contributed by atoms with van der Waals surface area (Å²) in [6, 6.07) is 0. The predicted molar refractivity (Wildman–Crippen MR) is 51.9 cm³/mol. The summed E-state index contributed by atoms with van der Waals surface area (Å²) in [5.41, 5.74) is 0. The molecule has 0 rings (SSSR count). The molecule has 4 heteroatoms. The molecule has 14 heavy (non-hydrogen) atoms. The van der Waals surface area contributed by atoms with Gasteiger partial charge in [-0.3, -0.25) is 9.59 Å². The van der Waals surface area contributed by atoms with E-state index in [2.05, 4.69) is 0 Å². The van der Waals surface area contributed by atoms with Crippen LogP contribution in [0, 0.1) is 5.92 Å². The quantitative estimate of drug-likeness (QED) is 0.667. The zero-order chi connectivity index (χ0) is 11.1. The molecule has 1 N–H and O–H groups in total. The van der Waals surface area contributed by atoms with Crippen LogP contribution in [0.25, 0.3) is 0 Å². The fourth-order valence-corrected chi connectivity index (χ4v) is 1.19. The predicted octanol–water partition coefficient (Wildman–Crippen LogP) is 1.83. The molecular weight excluding hydrogens is 184 g/mol. The number of aliphatic carboxylic acids is 1. The molecular formula is C10H18O4. The Bertz CT molecular complexity index is 198. The minimum absolute atomic E-state index is 0.139. The summed E-state index contributed by atoms with van der Waals surface area (Å²) >= 11 is 0. The van der Waals surface area contributed by atoms with Crippen LogP contribution in [-0.4, -0.2) is 23.1 Å². The Morgan fingerprint density at radius 1 is 1.36 bits per heavy atom. The monoisotopic (exact) mass is 202 g/mol. The first-order valence-corrected chi connectivity index (χ1v) is 4.89. The molecule has 0 saturated carbocycles. The summed E-state index contributed by atoms with van der Waals surface area (Å²) in [4.78, 5) is 21.9. The van der Waals surface area contributed by atoms with Crippen LogP contribution >= 0.6 is 0 Å². The van der Waals surface area contributed by atoms with Gasteiger partial charge in [0.1, 0.15) is 0 Å². The summed E-state index contributed by atoms with van der Waals surface area (Å²) < 4.78 is 4.96. The van der Waals surface area contributed by atoms with E-state index < -0.39 is 17.9 Å². The van der Waals surface area contributed by atoms with Crippen LogP contribution in [0.15, 0.2) is 0 Å². The van der Waals surface area contributed by atoms with E-state index in [0.717, 1.165) is 6.42 Å². The molecule has 0 aromatic rings. The van der Waals surface area contributed by atoms with Crippen molar-refractivity contribution in [1.82, 2.24) is 0 Å². The van der Waals surface area contributed by atoms with Gasteiger partial charge in [-0.25, -0.2) is 0 Å². The molecule has 0 aliphatic rings. The van der Waals surface area contributed by atoms with E-state index in [1.807, 2.05) is 6.92 Å². The maximum Gasteiger partial charge on any atom is 0.309 e. The Balaban J connectivity index is 4.17. The molecule has 4 nitrogen and oxygen atoms in total. The average molecular weight is 202 g/mol. The zero-order valence-corrected chi connectivity index (χ0v) is 8.95. The lowest BCUT2D eigenvalue weighted by Gasteiger charge is -2.15. The Labute approximate surface area is 84.3 Å². The molecule has 0 bridgehead atoms.